The zero-order chi connectivity index (χ0) is 86.9. The number of pyridine rings is 3. The maximum atomic E-state index is 14.0. The highest BCUT2D eigenvalue weighted by molar-refractivity contribution is 7.90. The molecule has 3 aliphatic carbocycles. The number of fused-ring (bicyclic) bond motifs is 3. The van der Waals surface area contributed by atoms with Crippen molar-refractivity contribution in [1.29, 1.82) is 0 Å². The Labute approximate surface area is 769 Å². The summed E-state index contributed by atoms with van der Waals surface area (Å²) in [5.41, 5.74) is 8.45. The Morgan fingerprint density at radius 2 is 0.786 bits per heavy atom. The van der Waals surface area contributed by atoms with Gasteiger partial charge in [-0.05, 0) is 226 Å². The quantitative estimate of drug-likeness (QED) is 0.0261. The second-order valence-electron chi connectivity index (χ2n) is 32.0. The van der Waals surface area contributed by atoms with Gasteiger partial charge in [-0.25, -0.2) is 0 Å². The van der Waals surface area contributed by atoms with Crippen LogP contribution in [0.3, 0.4) is 0 Å². The summed E-state index contributed by atoms with van der Waals surface area (Å²) < 4.78 is 177. The molecule has 5 aromatic carbocycles. The lowest BCUT2D eigenvalue weighted by molar-refractivity contribution is -0.196. The molecule has 6 N–H and O–H groups in total. The minimum absolute atomic E-state index is 0. The summed E-state index contributed by atoms with van der Waals surface area (Å²) >= 11 is 0. The highest BCUT2D eigenvalue weighted by atomic mass is 32.2. The van der Waals surface area contributed by atoms with Crippen molar-refractivity contribution in [3.63, 3.8) is 0 Å². The monoisotopic (exact) mass is 1910 g/mol. The van der Waals surface area contributed by atoms with Crippen LogP contribution in [0.1, 0.15) is 120 Å². The van der Waals surface area contributed by atoms with E-state index in [0.717, 1.165) is 58.7 Å². The van der Waals surface area contributed by atoms with Crippen molar-refractivity contribution in [3.05, 3.63) is 240 Å². The topological polar surface area (TPSA) is 303 Å². The third-order valence-electron chi connectivity index (χ3n) is 23.2. The summed E-state index contributed by atoms with van der Waals surface area (Å²) in [5, 5.41) is 32.2. The molecular weight excluding hydrogens is 1800 g/mol. The highest BCUT2D eigenvalue weighted by Crippen LogP contribution is 2.68. The molecule has 14 rings (SSSR count). The molecular formula is C86H110F9N15O8S8. The number of carboxylic acids is 1. The average molecular weight is 1910 g/mol. The third-order valence-corrected chi connectivity index (χ3v) is 26.5. The number of nitrogens with one attached hydrogen (secondary N) is 3. The first-order valence-electron chi connectivity index (χ1n) is 39.0. The first-order chi connectivity index (χ1) is 56.7. The van der Waals surface area contributed by atoms with Crippen molar-refractivity contribution in [1.82, 2.24) is 68.9 Å². The number of likely N-dealkylation sites (N-methyl/N-ethyl adjacent to an activating group) is 3. The fourth-order valence-corrected chi connectivity index (χ4v) is 17.9. The van der Waals surface area contributed by atoms with Gasteiger partial charge in [0.1, 0.15) is 0 Å². The summed E-state index contributed by atoms with van der Waals surface area (Å²) in [7, 11) is 3.99. The fourth-order valence-electron chi connectivity index (χ4n) is 15.3. The van der Waals surface area contributed by atoms with Gasteiger partial charge in [0.2, 0.25) is 11.8 Å². The van der Waals surface area contributed by atoms with Crippen LogP contribution in [0.15, 0.2) is 205 Å². The number of aromatic amines is 1. The largest absolute Gasteiger partial charge is 0.481 e. The van der Waals surface area contributed by atoms with E-state index in [1.807, 2.05) is 108 Å². The van der Waals surface area contributed by atoms with Gasteiger partial charge in [0.15, 0.2) is 0 Å². The summed E-state index contributed by atoms with van der Waals surface area (Å²) in [6.07, 6.45) is 1.40. The molecule has 6 atom stereocenters. The number of aromatic nitrogens is 9. The molecule has 2 amide bonds. The Kier molecular flexibility index (Phi) is 38.8. The maximum absolute atomic E-state index is 14.0. The van der Waals surface area contributed by atoms with Gasteiger partial charge in [-0.2, -0.15) is 161 Å². The van der Waals surface area contributed by atoms with E-state index >= 15 is 0 Å². The number of amides is 2. The van der Waals surface area contributed by atoms with Gasteiger partial charge in [-0.15, -0.1) is 0 Å². The molecule has 11 aromatic rings. The normalized spacial score (nSPS) is 15.6. The number of halogens is 9. The van der Waals surface area contributed by atoms with Crippen LogP contribution in [-0.2, 0) is 53.7 Å². The van der Waals surface area contributed by atoms with Gasteiger partial charge < -0.3 is 36.2 Å². The van der Waals surface area contributed by atoms with E-state index in [9.17, 15) is 70.7 Å². The first-order valence-corrected chi connectivity index (χ1v) is 41.9. The van der Waals surface area contributed by atoms with Crippen molar-refractivity contribution in [2.75, 3.05) is 61.9 Å². The molecule has 6 heterocycles. The lowest BCUT2D eigenvalue weighted by atomic mass is 9.80. The highest BCUT2D eigenvalue weighted by Gasteiger charge is 2.69. The zero-order valence-electron chi connectivity index (χ0n) is 70.6. The van der Waals surface area contributed by atoms with Gasteiger partial charge in [-0.3, -0.25) is 34.4 Å². The molecule has 0 aliphatic heterocycles. The molecule has 3 aliphatic rings. The number of alkyl halides is 9. The predicted octanol–water partition coefficient (Wildman–Crippen LogP) is 14.8. The van der Waals surface area contributed by atoms with Gasteiger partial charge >= 0.3 is 24.5 Å². The molecule has 0 unspecified atom stereocenters. The Hall–Kier alpha value is -8.42. The lowest BCUT2D eigenvalue weighted by Crippen LogP contribution is -2.42. The molecule has 0 bridgehead atoms. The standard InChI is InChI=1S/C31H34F3N5O3S.C24H28F3N5O.C19H24N4O2S.C12H12F3NO2.6H2S/c1-21-6-9-26(10-7-21)43(41,42)39-28-11-8-22(15-24(28)19-37-39)16-25(38(2)3)20-36-29(40)17-27(23-5-4-14-35-18-23)30(12-13-30)31(32,33)34;1-32(2)19(11-16-5-6-21-18(10-16)14-30-31-21)15-29-22(33)12-20(17-4-3-9-28-13-17)23(7-8-23)24(25,26)27;1-14-4-7-18(8-5-14)26(24,25)23-19-9-6-15(10-16(19)13-21-23)11-17(12-20)22(2)3;13-12(14,15)11(3-4-11)9(6-10(17)18)8-2-1-5-16-7-8;;;;;;/h4-11,14-15,18-19,25,27H,12-13,16-17,20H2,1-3H3,(H,36,40);3-6,9-10,13-14,19-20H,7-8,11-12,15H2,1-2H3,(H,29,33)(H,30,31);4-10,13,17H,11-12,20H2,1-3H3;1-2,5,7,9H,3-4,6H2,(H,17,18);6*1H2/t25-,27-;19-,20-;17-;9-;;;;;;/m0000....../s1. The molecule has 3 saturated carbocycles. The van der Waals surface area contributed by atoms with Crippen LogP contribution in [-0.4, -0.2) is 197 Å². The second-order valence-corrected chi connectivity index (χ2v) is 35.5. The SMILES string of the molecule is CN(C)[C@H](CNC(=O)C[C@@H](c1cccnc1)C1(C(F)(F)F)CC1)Cc1ccc2[nH]ncc2c1.Cc1ccc(S(=O)(=O)n2ncc3cc(C[C@@H](CN)N(C)C)ccc32)cc1.Cc1ccc(S(=O)(=O)n2ncc3cc(C[C@@H](CNC(=O)C[C@@H](c4cccnc4)C4(C(F)(F)F)CC4)N(C)C)ccc32)cc1.O=C(O)C[C@@H](c1cccnc1)C1(C(F)(F)F)CC1.S.S.S.S.S.S. The number of aliphatic carboxylic acids is 1. The van der Waals surface area contributed by atoms with Crippen LogP contribution in [0.2, 0.25) is 0 Å². The Balaban J connectivity index is 0.000000305. The molecule has 0 saturated heterocycles. The molecule has 0 radical (unpaired) electrons. The van der Waals surface area contributed by atoms with Crippen LogP contribution < -0.4 is 16.4 Å². The van der Waals surface area contributed by atoms with Crippen LogP contribution >= 0.6 is 81.0 Å². The van der Waals surface area contributed by atoms with Crippen molar-refractivity contribution in [2.45, 2.75) is 155 Å². The third kappa shape index (κ3) is 25.8. The van der Waals surface area contributed by atoms with Crippen molar-refractivity contribution in [2.24, 2.45) is 22.0 Å². The van der Waals surface area contributed by atoms with Crippen LogP contribution in [0.5, 0.6) is 0 Å². The summed E-state index contributed by atoms with van der Waals surface area (Å²) in [6.45, 7) is 4.93. The number of carbonyl (C=O) groups excluding carboxylic acids is 2. The number of carbonyl (C=O) groups is 3. The first kappa shape index (κ1) is 108. The van der Waals surface area contributed by atoms with Crippen molar-refractivity contribution < 1.29 is 75.8 Å². The van der Waals surface area contributed by atoms with E-state index in [2.05, 4.69) is 56.9 Å². The van der Waals surface area contributed by atoms with Crippen LogP contribution in [0.25, 0.3) is 32.7 Å². The minimum atomic E-state index is -4.41. The van der Waals surface area contributed by atoms with E-state index in [1.54, 1.807) is 91.3 Å². The number of aryl methyl sites for hydroxylation is 2. The van der Waals surface area contributed by atoms with Crippen LogP contribution in [0.4, 0.5) is 39.5 Å². The maximum Gasteiger partial charge on any atom is 0.395 e. The van der Waals surface area contributed by atoms with Crippen LogP contribution in [0, 0.1) is 30.1 Å². The number of carboxylic acid groups (broad SMARTS) is 1. The van der Waals surface area contributed by atoms with E-state index in [-0.39, 0.29) is 173 Å². The zero-order valence-corrected chi connectivity index (χ0v) is 78.2. The summed E-state index contributed by atoms with van der Waals surface area (Å²) in [5.74, 6) is -5.05. The number of rotatable bonds is 30. The van der Waals surface area contributed by atoms with E-state index in [0.29, 0.717) is 59.0 Å². The molecule has 23 nitrogen and oxygen atoms in total. The molecule has 3 fully saturated rings. The lowest BCUT2D eigenvalue weighted by Gasteiger charge is -2.30. The molecule has 40 heteroatoms. The summed E-state index contributed by atoms with van der Waals surface area (Å²) in [4.78, 5) is 54.8. The van der Waals surface area contributed by atoms with Gasteiger partial charge in [-0.1, -0.05) is 71.8 Å². The van der Waals surface area contributed by atoms with Gasteiger partial charge in [0, 0.05) is 122 Å². The number of H-pyrrole nitrogens is 1. The Morgan fingerprint density at radius 3 is 1.09 bits per heavy atom. The fraction of sp³-hybridized carbons (Fsp3) is 0.407. The number of benzene rings is 5. The molecule has 688 valence electrons. The number of hydrogen-bond donors (Lipinski definition) is 5. The second kappa shape index (κ2) is 45.2. The number of nitrogens with zero attached hydrogens (tertiary/aromatic N) is 11. The van der Waals surface area contributed by atoms with E-state index in [4.69, 9.17) is 10.8 Å². The van der Waals surface area contributed by atoms with Crippen molar-refractivity contribution >= 4 is 152 Å². The molecule has 6 aromatic heterocycles. The molecule has 126 heavy (non-hydrogen) atoms. The van der Waals surface area contributed by atoms with Crippen molar-refractivity contribution in [3.8, 4) is 0 Å². The molecule has 0 spiro atoms. The summed E-state index contributed by atoms with van der Waals surface area (Å²) in [6, 6.07) is 40.0. The average Bonchev–Trinajstić information content (AvgIpc) is 1.58. The number of hydrogen-bond acceptors (Lipinski definition) is 17. The Bertz CT molecular complexity index is 5580. The van der Waals surface area contributed by atoms with E-state index < -0.39 is 90.9 Å². The Morgan fingerprint density at radius 1 is 0.460 bits per heavy atom. The number of nitrogens with two attached hydrogens (primary N) is 1. The smallest absolute Gasteiger partial charge is 0.395 e. The predicted molar refractivity (Wildman–Crippen MR) is 500 cm³/mol. The van der Waals surface area contributed by atoms with Gasteiger partial charge in [0.05, 0.1) is 67.6 Å². The van der Waals surface area contributed by atoms with Gasteiger partial charge in [0.25, 0.3) is 20.0 Å². The minimum Gasteiger partial charge on any atom is -0.481 e. The van der Waals surface area contributed by atoms with E-state index in [1.165, 1.54) is 55.5 Å².